The molecule has 0 bridgehead atoms. The summed E-state index contributed by atoms with van der Waals surface area (Å²) in [5.74, 6) is 0. The number of fused-ring (bicyclic) bond motifs is 1. The van der Waals surface area contributed by atoms with Gasteiger partial charge in [0.2, 0.25) is 0 Å². The highest BCUT2D eigenvalue weighted by molar-refractivity contribution is 5.79. The number of aromatic nitrogens is 1. The molecular formula is C16H17N3O. The average Bonchev–Trinajstić information content (AvgIpc) is 2.82. The second-order valence-corrected chi connectivity index (χ2v) is 4.81. The van der Waals surface area contributed by atoms with Gasteiger partial charge in [0.15, 0.2) is 5.58 Å². The lowest BCUT2D eigenvalue weighted by molar-refractivity contribution is 0.595. The van der Waals surface area contributed by atoms with Crippen molar-refractivity contribution in [3.8, 4) is 0 Å². The maximum absolute atomic E-state index is 5.83. The van der Waals surface area contributed by atoms with Crippen LogP contribution in [-0.2, 0) is 0 Å². The molecule has 1 aromatic heterocycles. The molecule has 0 amide bonds. The molecule has 0 spiro atoms. The first-order chi connectivity index (χ1) is 9.67. The molecule has 20 heavy (non-hydrogen) atoms. The minimum Gasteiger partial charge on any atom is -0.423 e. The maximum atomic E-state index is 5.83. The molecule has 3 rings (SSSR count). The quantitative estimate of drug-likeness (QED) is 0.732. The van der Waals surface area contributed by atoms with Gasteiger partial charge in [0.25, 0.3) is 0 Å². The summed E-state index contributed by atoms with van der Waals surface area (Å²) in [6.45, 7) is 4.93. The van der Waals surface area contributed by atoms with Gasteiger partial charge in [-0.3, -0.25) is 4.90 Å². The highest BCUT2D eigenvalue weighted by Crippen LogP contribution is 2.29. The van der Waals surface area contributed by atoms with Crippen LogP contribution >= 0.6 is 0 Å². The Morgan fingerprint density at radius 2 is 2.05 bits per heavy atom. The lowest BCUT2D eigenvalue weighted by atomic mass is 10.2. The summed E-state index contributed by atoms with van der Waals surface area (Å²) in [4.78, 5) is 6.58. The minimum atomic E-state index is 0.596. The molecule has 4 heteroatoms. The third-order valence-electron chi connectivity index (χ3n) is 3.26. The molecule has 3 aromatic rings. The Morgan fingerprint density at radius 1 is 1.20 bits per heavy atom. The van der Waals surface area contributed by atoms with Crippen LogP contribution < -0.4 is 10.6 Å². The van der Waals surface area contributed by atoms with E-state index in [1.165, 1.54) is 5.56 Å². The van der Waals surface area contributed by atoms with E-state index in [-0.39, 0.29) is 0 Å². The molecule has 0 aliphatic carbocycles. The van der Waals surface area contributed by atoms with Crippen molar-refractivity contribution in [2.75, 3.05) is 17.2 Å². The van der Waals surface area contributed by atoms with Crippen molar-refractivity contribution >= 4 is 28.5 Å². The molecule has 1 heterocycles. The fourth-order valence-corrected chi connectivity index (χ4v) is 2.27. The number of rotatable bonds is 3. The van der Waals surface area contributed by atoms with Crippen LogP contribution in [0.5, 0.6) is 0 Å². The van der Waals surface area contributed by atoms with E-state index < -0.39 is 0 Å². The van der Waals surface area contributed by atoms with Crippen LogP contribution in [0.15, 0.2) is 46.9 Å². The van der Waals surface area contributed by atoms with E-state index in [0.717, 1.165) is 17.7 Å². The minimum absolute atomic E-state index is 0.596. The zero-order valence-electron chi connectivity index (χ0n) is 11.6. The monoisotopic (exact) mass is 267 g/mol. The summed E-state index contributed by atoms with van der Waals surface area (Å²) in [6.07, 6.45) is 0. The van der Waals surface area contributed by atoms with Gasteiger partial charge in [0.05, 0.1) is 0 Å². The van der Waals surface area contributed by atoms with Gasteiger partial charge >= 0.3 is 6.01 Å². The molecule has 4 nitrogen and oxygen atoms in total. The van der Waals surface area contributed by atoms with Crippen LogP contribution in [0, 0.1) is 6.92 Å². The van der Waals surface area contributed by atoms with E-state index in [4.69, 9.17) is 10.2 Å². The molecule has 0 aliphatic rings. The first kappa shape index (κ1) is 12.5. The standard InChI is InChI=1S/C16H17N3O/c1-3-19(13-6-4-5-11(2)9-13)16-18-14-8-7-12(17)10-15(14)20-16/h4-10H,3,17H2,1-2H3. The van der Waals surface area contributed by atoms with E-state index in [1.807, 2.05) is 23.1 Å². The number of aryl methyl sites for hydroxylation is 1. The number of nitrogens with two attached hydrogens (primary N) is 1. The molecule has 0 aliphatic heterocycles. The van der Waals surface area contributed by atoms with Crippen molar-refractivity contribution in [3.05, 3.63) is 48.0 Å². The lowest BCUT2D eigenvalue weighted by Gasteiger charge is -2.18. The molecule has 2 N–H and O–H groups in total. The Bertz CT molecular complexity index is 748. The Morgan fingerprint density at radius 3 is 2.80 bits per heavy atom. The van der Waals surface area contributed by atoms with Crippen molar-refractivity contribution in [3.63, 3.8) is 0 Å². The topological polar surface area (TPSA) is 55.3 Å². The maximum Gasteiger partial charge on any atom is 0.302 e. The molecular weight excluding hydrogens is 250 g/mol. The first-order valence-electron chi connectivity index (χ1n) is 6.67. The Labute approximate surface area is 117 Å². The van der Waals surface area contributed by atoms with Crippen molar-refractivity contribution in [1.29, 1.82) is 0 Å². The summed E-state index contributed by atoms with van der Waals surface area (Å²) in [5.41, 5.74) is 10.3. The van der Waals surface area contributed by atoms with Crippen molar-refractivity contribution in [2.24, 2.45) is 0 Å². The number of nitrogen functional groups attached to an aromatic ring is 1. The van der Waals surface area contributed by atoms with Crippen LogP contribution in [0.1, 0.15) is 12.5 Å². The van der Waals surface area contributed by atoms with Crippen molar-refractivity contribution in [1.82, 2.24) is 4.98 Å². The van der Waals surface area contributed by atoms with Crippen LogP contribution in [0.25, 0.3) is 11.1 Å². The van der Waals surface area contributed by atoms with Gasteiger partial charge in [-0.05, 0) is 43.7 Å². The van der Waals surface area contributed by atoms with Crippen molar-refractivity contribution in [2.45, 2.75) is 13.8 Å². The zero-order chi connectivity index (χ0) is 14.1. The Balaban J connectivity index is 2.07. The third kappa shape index (κ3) is 2.20. The molecule has 0 atom stereocenters. The van der Waals surface area contributed by atoms with Gasteiger partial charge in [0.1, 0.15) is 5.52 Å². The van der Waals surface area contributed by atoms with Gasteiger partial charge in [-0.2, -0.15) is 4.98 Å². The lowest BCUT2D eigenvalue weighted by Crippen LogP contribution is -2.16. The Hall–Kier alpha value is -2.49. The number of benzene rings is 2. The molecule has 0 unspecified atom stereocenters. The summed E-state index contributed by atoms with van der Waals surface area (Å²) in [7, 11) is 0. The van der Waals surface area contributed by atoms with E-state index in [1.54, 1.807) is 6.07 Å². The summed E-state index contributed by atoms with van der Waals surface area (Å²) >= 11 is 0. The third-order valence-corrected chi connectivity index (χ3v) is 3.26. The predicted molar refractivity (Wildman–Crippen MR) is 82.3 cm³/mol. The number of nitrogens with zero attached hydrogens (tertiary/aromatic N) is 2. The second-order valence-electron chi connectivity index (χ2n) is 4.81. The highest BCUT2D eigenvalue weighted by atomic mass is 16.4. The Kier molecular flexibility index (Phi) is 3.06. The number of oxazole rings is 1. The van der Waals surface area contributed by atoms with Gasteiger partial charge in [-0.1, -0.05) is 12.1 Å². The van der Waals surface area contributed by atoms with Crippen LogP contribution in [-0.4, -0.2) is 11.5 Å². The number of hydrogen-bond acceptors (Lipinski definition) is 4. The molecule has 2 aromatic carbocycles. The van der Waals surface area contributed by atoms with E-state index in [2.05, 4.69) is 37.0 Å². The van der Waals surface area contributed by atoms with Gasteiger partial charge < -0.3 is 10.2 Å². The van der Waals surface area contributed by atoms with Gasteiger partial charge in [-0.15, -0.1) is 0 Å². The largest absolute Gasteiger partial charge is 0.423 e. The summed E-state index contributed by atoms with van der Waals surface area (Å²) < 4.78 is 5.83. The first-order valence-corrected chi connectivity index (χ1v) is 6.67. The highest BCUT2D eigenvalue weighted by Gasteiger charge is 2.14. The molecule has 0 radical (unpaired) electrons. The second kappa shape index (κ2) is 4.89. The smallest absolute Gasteiger partial charge is 0.302 e. The summed E-state index contributed by atoms with van der Waals surface area (Å²) in [5, 5.41) is 0. The zero-order valence-corrected chi connectivity index (χ0v) is 11.6. The molecule has 0 saturated carbocycles. The molecule has 102 valence electrons. The average molecular weight is 267 g/mol. The fraction of sp³-hybridized carbons (Fsp3) is 0.188. The molecule has 0 saturated heterocycles. The fourth-order valence-electron chi connectivity index (χ4n) is 2.27. The van der Waals surface area contributed by atoms with Crippen LogP contribution in [0.4, 0.5) is 17.4 Å². The SMILES string of the molecule is CCN(c1cccc(C)c1)c1nc2ccc(N)cc2o1. The van der Waals surface area contributed by atoms with E-state index in [0.29, 0.717) is 17.3 Å². The van der Waals surface area contributed by atoms with Crippen LogP contribution in [0.2, 0.25) is 0 Å². The van der Waals surface area contributed by atoms with Gasteiger partial charge in [0, 0.05) is 24.0 Å². The van der Waals surface area contributed by atoms with E-state index in [9.17, 15) is 0 Å². The summed E-state index contributed by atoms with van der Waals surface area (Å²) in [6, 6.07) is 14.4. The normalized spacial score (nSPS) is 10.9. The number of hydrogen-bond donors (Lipinski definition) is 1. The number of anilines is 3. The van der Waals surface area contributed by atoms with Crippen LogP contribution in [0.3, 0.4) is 0 Å². The van der Waals surface area contributed by atoms with E-state index >= 15 is 0 Å². The van der Waals surface area contributed by atoms with Gasteiger partial charge in [-0.25, -0.2) is 0 Å². The van der Waals surface area contributed by atoms with Crippen molar-refractivity contribution < 1.29 is 4.42 Å². The molecule has 0 fully saturated rings. The predicted octanol–water partition coefficient (Wildman–Crippen LogP) is 3.88.